The summed E-state index contributed by atoms with van der Waals surface area (Å²) in [5, 5.41) is 3.94. The zero-order valence-corrected chi connectivity index (χ0v) is 17.7. The number of hydrogen-bond acceptors (Lipinski definition) is 3. The minimum Gasteiger partial charge on any atom is -0.496 e. The van der Waals surface area contributed by atoms with Crippen molar-refractivity contribution >= 4 is 29.1 Å². The number of amides is 1. The van der Waals surface area contributed by atoms with E-state index in [1.807, 2.05) is 31.2 Å². The average Bonchev–Trinajstić information content (AvgIpc) is 2.72. The number of ether oxygens (including phenoxy) is 2. The van der Waals surface area contributed by atoms with E-state index in [4.69, 9.17) is 32.7 Å². The lowest BCUT2D eigenvalue weighted by Crippen LogP contribution is -2.23. The zero-order chi connectivity index (χ0) is 20.8. The molecule has 0 bridgehead atoms. The van der Waals surface area contributed by atoms with Crippen LogP contribution in [-0.4, -0.2) is 13.0 Å². The molecule has 0 spiro atoms. The van der Waals surface area contributed by atoms with Gasteiger partial charge in [-0.3, -0.25) is 4.79 Å². The van der Waals surface area contributed by atoms with Crippen molar-refractivity contribution in [2.45, 2.75) is 20.1 Å². The second-order valence-electron chi connectivity index (χ2n) is 6.55. The molecule has 29 heavy (non-hydrogen) atoms. The maximum atomic E-state index is 12.6. The first-order chi connectivity index (χ1) is 14.0. The molecule has 0 saturated carbocycles. The molecule has 0 aliphatic heterocycles. The van der Waals surface area contributed by atoms with E-state index >= 15 is 0 Å². The number of methoxy groups -OCH3 is 1. The maximum absolute atomic E-state index is 12.6. The molecule has 150 valence electrons. The van der Waals surface area contributed by atoms with Crippen molar-refractivity contribution in [1.29, 1.82) is 0 Å². The molecule has 6 heteroatoms. The quantitative estimate of drug-likeness (QED) is 0.514. The standard InChI is InChI=1S/C23H21Cl2NO3/c1-15-3-8-20(9-4-15)29-14-18-11-16(6-10-22(18)28-2)23(27)26-13-17-5-7-19(24)12-21(17)25/h3-12H,13-14H2,1-2H3,(H,26,27). The molecule has 0 heterocycles. The highest BCUT2D eigenvalue weighted by Gasteiger charge is 2.12. The minimum absolute atomic E-state index is 0.213. The molecule has 3 aromatic carbocycles. The second-order valence-corrected chi connectivity index (χ2v) is 7.39. The molecule has 0 saturated heterocycles. The number of carbonyl (C=O) groups is 1. The van der Waals surface area contributed by atoms with Crippen molar-refractivity contribution < 1.29 is 14.3 Å². The fraction of sp³-hybridized carbons (Fsp3) is 0.174. The lowest BCUT2D eigenvalue weighted by molar-refractivity contribution is 0.0950. The fourth-order valence-corrected chi connectivity index (χ4v) is 3.25. The van der Waals surface area contributed by atoms with Crippen molar-refractivity contribution in [2.24, 2.45) is 0 Å². The molecule has 0 aliphatic rings. The Morgan fingerprint density at radius 3 is 2.41 bits per heavy atom. The number of hydrogen-bond donors (Lipinski definition) is 1. The summed E-state index contributed by atoms with van der Waals surface area (Å²) in [6.45, 7) is 2.61. The van der Waals surface area contributed by atoms with Gasteiger partial charge in [0.25, 0.3) is 5.91 Å². The summed E-state index contributed by atoms with van der Waals surface area (Å²) in [6.07, 6.45) is 0. The molecule has 0 unspecified atom stereocenters. The molecule has 1 amide bonds. The summed E-state index contributed by atoms with van der Waals surface area (Å²) in [6, 6.07) is 18.2. The van der Waals surface area contributed by atoms with Gasteiger partial charge in [-0.1, -0.05) is 47.0 Å². The van der Waals surface area contributed by atoms with Gasteiger partial charge in [0.1, 0.15) is 18.1 Å². The lowest BCUT2D eigenvalue weighted by atomic mass is 10.1. The van der Waals surface area contributed by atoms with E-state index in [-0.39, 0.29) is 12.5 Å². The van der Waals surface area contributed by atoms with E-state index in [2.05, 4.69) is 5.32 Å². The Kier molecular flexibility index (Phi) is 7.02. The third-order valence-corrected chi connectivity index (χ3v) is 5.00. The molecule has 3 rings (SSSR count). The van der Waals surface area contributed by atoms with Gasteiger partial charge in [-0.25, -0.2) is 0 Å². The van der Waals surface area contributed by atoms with Crippen molar-refractivity contribution in [3.63, 3.8) is 0 Å². The topological polar surface area (TPSA) is 47.6 Å². The third-order valence-electron chi connectivity index (χ3n) is 4.41. The number of benzene rings is 3. The van der Waals surface area contributed by atoms with Crippen molar-refractivity contribution in [3.05, 3.63) is 93.0 Å². The average molecular weight is 430 g/mol. The van der Waals surface area contributed by atoms with Crippen LogP contribution in [0.25, 0.3) is 0 Å². The number of nitrogens with one attached hydrogen (secondary N) is 1. The van der Waals surface area contributed by atoms with E-state index in [0.29, 0.717) is 27.9 Å². The highest BCUT2D eigenvalue weighted by molar-refractivity contribution is 6.35. The van der Waals surface area contributed by atoms with Gasteiger partial charge in [-0.05, 0) is 55.0 Å². The summed E-state index contributed by atoms with van der Waals surface area (Å²) < 4.78 is 11.2. The van der Waals surface area contributed by atoms with Crippen LogP contribution >= 0.6 is 23.2 Å². The SMILES string of the molecule is COc1ccc(C(=O)NCc2ccc(Cl)cc2Cl)cc1COc1ccc(C)cc1. The second kappa shape index (κ2) is 9.68. The Balaban J connectivity index is 1.69. The molecule has 4 nitrogen and oxygen atoms in total. The monoisotopic (exact) mass is 429 g/mol. The summed E-state index contributed by atoms with van der Waals surface area (Å²) in [4.78, 5) is 12.6. The van der Waals surface area contributed by atoms with Crippen LogP contribution in [0.15, 0.2) is 60.7 Å². The third kappa shape index (κ3) is 5.66. The molecule has 0 atom stereocenters. The molecule has 0 aliphatic carbocycles. The molecular formula is C23H21Cl2NO3. The van der Waals surface area contributed by atoms with Gasteiger partial charge >= 0.3 is 0 Å². The molecule has 0 aromatic heterocycles. The van der Waals surface area contributed by atoms with E-state index in [1.54, 1.807) is 43.5 Å². The normalized spacial score (nSPS) is 10.5. The van der Waals surface area contributed by atoms with Gasteiger partial charge in [0.15, 0.2) is 0 Å². The summed E-state index contributed by atoms with van der Waals surface area (Å²) in [5.74, 6) is 1.20. The Labute approximate surface area is 180 Å². The minimum atomic E-state index is -0.213. The fourth-order valence-electron chi connectivity index (χ4n) is 2.77. The van der Waals surface area contributed by atoms with Crippen LogP contribution in [-0.2, 0) is 13.2 Å². The van der Waals surface area contributed by atoms with Crippen LogP contribution in [0.4, 0.5) is 0 Å². The lowest BCUT2D eigenvalue weighted by Gasteiger charge is -2.13. The first-order valence-corrected chi connectivity index (χ1v) is 9.80. The van der Waals surface area contributed by atoms with Crippen molar-refractivity contribution in [1.82, 2.24) is 5.32 Å². The van der Waals surface area contributed by atoms with E-state index < -0.39 is 0 Å². The zero-order valence-electron chi connectivity index (χ0n) is 16.2. The van der Waals surface area contributed by atoms with Crippen molar-refractivity contribution in [3.8, 4) is 11.5 Å². The maximum Gasteiger partial charge on any atom is 0.251 e. The van der Waals surface area contributed by atoms with Crippen LogP contribution in [0.5, 0.6) is 11.5 Å². The summed E-state index contributed by atoms with van der Waals surface area (Å²) in [5.41, 5.74) is 3.25. The van der Waals surface area contributed by atoms with Gasteiger partial charge in [0.05, 0.1) is 7.11 Å². The summed E-state index contributed by atoms with van der Waals surface area (Å²) in [7, 11) is 1.59. The smallest absolute Gasteiger partial charge is 0.251 e. The van der Waals surface area contributed by atoms with Crippen LogP contribution in [0.1, 0.15) is 27.0 Å². The highest BCUT2D eigenvalue weighted by atomic mass is 35.5. The number of rotatable bonds is 7. The first-order valence-electron chi connectivity index (χ1n) is 9.05. The van der Waals surface area contributed by atoms with Gasteiger partial charge < -0.3 is 14.8 Å². The Bertz CT molecular complexity index is 1000. The number of halogens is 2. The molecule has 0 fully saturated rings. The van der Waals surface area contributed by atoms with Crippen LogP contribution in [0.3, 0.4) is 0 Å². The molecule has 0 radical (unpaired) electrons. The van der Waals surface area contributed by atoms with Gasteiger partial charge in [0.2, 0.25) is 0 Å². The molecular weight excluding hydrogens is 409 g/mol. The van der Waals surface area contributed by atoms with Crippen LogP contribution in [0.2, 0.25) is 10.0 Å². The highest BCUT2D eigenvalue weighted by Crippen LogP contribution is 2.23. The number of aryl methyl sites for hydroxylation is 1. The predicted molar refractivity (Wildman–Crippen MR) is 116 cm³/mol. The Hall–Kier alpha value is -2.69. The van der Waals surface area contributed by atoms with E-state index in [0.717, 1.165) is 22.4 Å². The van der Waals surface area contributed by atoms with Gasteiger partial charge in [-0.2, -0.15) is 0 Å². The van der Waals surface area contributed by atoms with Gasteiger partial charge in [0, 0.05) is 27.7 Å². The van der Waals surface area contributed by atoms with E-state index in [1.165, 1.54) is 0 Å². The molecule has 3 aromatic rings. The van der Waals surface area contributed by atoms with E-state index in [9.17, 15) is 4.79 Å². The van der Waals surface area contributed by atoms with Crippen LogP contribution < -0.4 is 14.8 Å². The van der Waals surface area contributed by atoms with Crippen molar-refractivity contribution in [2.75, 3.05) is 7.11 Å². The first kappa shape index (κ1) is 21.0. The predicted octanol–water partition coefficient (Wildman–Crippen LogP) is 5.82. The largest absolute Gasteiger partial charge is 0.496 e. The molecule has 1 N–H and O–H groups in total. The summed E-state index contributed by atoms with van der Waals surface area (Å²) >= 11 is 12.1. The Morgan fingerprint density at radius 1 is 0.966 bits per heavy atom. The van der Waals surface area contributed by atoms with Crippen LogP contribution in [0, 0.1) is 6.92 Å². The van der Waals surface area contributed by atoms with Gasteiger partial charge in [-0.15, -0.1) is 0 Å². The Morgan fingerprint density at radius 2 is 1.72 bits per heavy atom. The number of carbonyl (C=O) groups excluding carboxylic acids is 1.